The molecule has 0 N–H and O–H groups in total. The second-order valence-electron chi connectivity index (χ2n) is 9.57. The van der Waals surface area contributed by atoms with Gasteiger partial charge in [0.2, 0.25) is 0 Å². The zero-order chi connectivity index (χ0) is 24.9. The van der Waals surface area contributed by atoms with Crippen molar-refractivity contribution in [2.45, 2.75) is 63.4 Å². The molecule has 0 saturated heterocycles. The van der Waals surface area contributed by atoms with Gasteiger partial charge in [-0.1, -0.05) is 57.5 Å². The SMILES string of the molecule is COc1ccc(N=C(CC(=O)O[C@@H]2C[C@H](C)CC[C@H]2C(C)(C)c2ccccc2)C(F)(F)Cl)cc1. The zero-order valence-corrected chi connectivity index (χ0v) is 20.8. The number of benzene rings is 2. The highest BCUT2D eigenvalue weighted by atomic mass is 35.5. The summed E-state index contributed by atoms with van der Waals surface area (Å²) in [5.41, 5.74) is 0.415. The zero-order valence-electron chi connectivity index (χ0n) is 20.1. The third kappa shape index (κ3) is 6.56. The number of halogens is 3. The lowest BCUT2D eigenvalue weighted by molar-refractivity contribution is -0.155. The summed E-state index contributed by atoms with van der Waals surface area (Å²) in [7, 11) is 1.51. The first-order valence-electron chi connectivity index (χ1n) is 11.5. The van der Waals surface area contributed by atoms with Gasteiger partial charge in [-0.15, -0.1) is 0 Å². The van der Waals surface area contributed by atoms with Gasteiger partial charge in [0.1, 0.15) is 17.6 Å². The van der Waals surface area contributed by atoms with Crippen molar-refractivity contribution in [3.8, 4) is 5.75 Å². The minimum Gasteiger partial charge on any atom is -0.497 e. The van der Waals surface area contributed by atoms with Crippen LogP contribution >= 0.6 is 11.6 Å². The molecule has 3 atom stereocenters. The molecular weight excluding hydrogens is 460 g/mol. The van der Waals surface area contributed by atoms with Crippen LogP contribution in [0.1, 0.15) is 52.0 Å². The summed E-state index contributed by atoms with van der Waals surface area (Å²) < 4.78 is 39.1. The molecule has 7 heteroatoms. The van der Waals surface area contributed by atoms with Crippen molar-refractivity contribution in [1.82, 2.24) is 0 Å². The standard InChI is InChI=1S/C27H32ClF2NO3/c1-18-10-15-22(26(2,3)19-8-6-5-7-9-19)23(16-18)34-25(32)17-24(27(28,29)30)31-20-11-13-21(33-4)14-12-20/h5-9,11-14,18,22-23H,10,15-17H2,1-4H3/t18-,22-,23-/m1/s1. The quantitative estimate of drug-likeness (QED) is 0.221. The van der Waals surface area contributed by atoms with E-state index in [1.54, 1.807) is 12.1 Å². The number of hydrogen-bond acceptors (Lipinski definition) is 4. The first kappa shape index (κ1) is 26.1. The van der Waals surface area contributed by atoms with Crippen LogP contribution in [0.4, 0.5) is 14.5 Å². The molecule has 1 fully saturated rings. The number of carbonyl (C=O) groups is 1. The van der Waals surface area contributed by atoms with Crippen molar-refractivity contribution in [2.24, 2.45) is 16.8 Å². The normalized spacial score (nSPS) is 21.7. The molecule has 34 heavy (non-hydrogen) atoms. The van der Waals surface area contributed by atoms with Crippen molar-refractivity contribution in [2.75, 3.05) is 7.11 Å². The molecule has 1 aliphatic rings. The third-order valence-corrected chi connectivity index (χ3v) is 6.98. The molecular formula is C27H32ClF2NO3. The van der Waals surface area contributed by atoms with Crippen LogP contribution in [0.3, 0.4) is 0 Å². The van der Waals surface area contributed by atoms with E-state index in [4.69, 9.17) is 21.1 Å². The second-order valence-corrected chi connectivity index (χ2v) is 10.0. The summed E-state index contributed by atoms with van der Waals surface area (Å²) in [5, 5.41) is -3.78. The van der Waals surface area contributed by atoms with Crippen LogP contribution in [0, 0.1) is 11.8 Å². The summed E-state index contributed by atoms with van der Waals surface area (Å²) in [6.45, 7) is 6.41. The summed E-state index contributed by atoms with van der Waals surface area (Å²) in [6, 6.07) is 16.3. The van der Waals surface area contributed by atoms with Crippen LogP contribution in [0.5, 0.6) is 5.75 Å². The van der Waals surface area contributed by atoms with Crippen molar-refractivity contribution in [3.05, 3.63) is 60.2 Å². The van der Waals surface area contributed by atoms with Crippen LogP contribution in [0.2, 0.25) is 0 Å². The van der Waals surface area contributed by atoms with E-state index in [1.807, 2.05) is 18.2 Å². The Morgan fingerprint density at radius 1 is 1.09 bits per heavy atom. The van der Waals surface area contributed by atoms with Crippen molar-refractivity contribution in [3.63, 3.8) is 0 Å². The number of ether oxygens (including phenoxy) is 2. The van der Waals surface area contributed by atoms with Crippen LogP contribution in [-0.2, 0) is 14.9 Å². The maximum absolute atomic E-state index is 14.1. The van der Waals surface area contributed by atoms with E-state index in [1.165, 1.54) is 19.2 Å². The molecule has 0 aromatic heterocycles. The Morgan fingerprint density at radius 3 is 2.32 bits per heavy atom. The average Bonchev–Trinajstić information content (AvgIpc) is 2.79. The highest BCUT2D eigenvalue weighted by molar-refractivity contribution is 6.35. The molecule has 0 radical (unpaired) electrons. The number of hydrogen-bond donors (Lipinski definition) is 0. The molecule has 0 unspecified atom stereocenters. The van der Waals surface area contributed by atoms with Gasteiger partial charge in [-0.3, -0.25) is 4.79 Å². The fourth-order valence-electron chi connectivity index (χ4n) is 4.73. The van der Waals surface area contributed by atoms with Gasteiger partial charge in [-0.2, -0.15) is 8.78 Å². The van der Waals surface area contributed by atoms with Gasteiger partial charge in [-0.25, -0.2) is 4.99 Å². The van der Waals surface area contributed by atoms with Crippen molar-refractivity contribution < 1.29 is 23.0 Å². The van der Waals surface area contributed by atoms with Gasteiger partial charge < -0.3 is 9.47 Å². The maximum Gasteiger partial charge on any atom is 0.361 e. The first-order chi connectivity index (χ1) is 16.0. The van der Waals surface area contributed by atoms with Gasteiger partial charge in [0.25, 0.3) is 0 Å². The predicted octanol–water partition coefficient (Wildman–Crippen LogP) is 7.32. The minimum atomic E-state index is -3.78. The molecule has 1 aliphatic carbocycles. The molecule has 2 aromatic carbocycles. The molecule has 2 aromatic rings. The van der Waals surface area contributed by atoms with Gasteiger partial charge >= 0.3 is 11.4 Å². The van der Waals surface area contributed by atoms with E-state index in [-0.39, 0.29) is 23.1 Å². The van der Waals surface area contributed by atoms with E-state index in [0.29, 0.717) is 18.1 Å². The predicted molar refractivity (Wildman–Crippen MR) is 131 cm³/mol. The van der Waals surface area contributed by atoms with E-state index in [0.717, 1.165) is 18.4 Å². The largest absolute Gasteiger partial charge is 0.497 e. The number of aliphatic imine (C=N–C) groups is 1. The Bertz CT molecular complexity index is 987. The van der Waals surface area contributed by atoms with Crippen LogP contribution in [-0.4, -0.2) is 30.3 Å². The maximum atomic E-state index is 14.1. The summed E-state index contributed by atoms with van der Waals surface area (Å²) >= 11 is 5.30. The Labute approximate surface area is 205 Å². The molecule has 0 spiro atoms. The van der Waals surface area contributed by atoms with Crippen LogP contribution in [0.25, 0.3) is 0 Å². The highest BCUT2D eigenvalue weighted by Gasteiger charge is 2.43. The number of esters is 1. The number of methoxy groups -OCH3 is 1. The Balaban J connectivity index is 1.79. The summed E-state index contributed by atoms with van der Waals surface area (Å²) in [6.07, 6.45) is 1.54. The summed E-state index contributed by atoms with van der Waals surface area (Å²) in [5.74, 6) is 0.257. The smallest absolute Gasteiger partial charge is 0.361 e. The summed E-state index contributed by atoms with van der Waals surface area (Å²) in [4.78, 5) is 16.8. The number of carbonyl (C=O) groups excluding carboxylic acids is 1. The Kier molecular flexibility index (Phi) is 8.34. The average molecular weight is 492 g/mol. The van der Waals surface area contributed by atoms with E-state index in [9.17, 15) is 13.6 Å². The van der Waals surface area contributed by atoms with Gasteiger partial charge in [-0.05, 0) is 65.6 Å². The lowest BCUT2D eigenvalue weighted by atomic mass is 9.64. The molecule has 3 rings (SSSR count). The number of alkyl halides is 3. The van der Waals surface area contributed by atoms with Crippen LogP contribution in [0.15, 0.2) is 59.6 Å². The molecule has 1 saturated carbocycles. The van der Waals surface area contributed by atoms with Gasteiger partial charge in [0.05, 0.1) is 19.2 Å². The fraction of sp³-hybridized carbons (Fsp3) is 0.481. The fourth-order valence-corrected chi connectivity index (χ4v) is 4.84. The molecule has 0 aliphatic heterocycles. The topological polar surface area (TPSA) is 47.9 Å². The van der Waals surface area contributed by atoms with E-state index < -0.39 is 23.5 Å². The Morgan fingerprint density at radius 2 is 1.74 bits per heavy atom. The number of nitrogens with zero attached hydrogens (tertiary/aromatic N) is 1. The number of rotatable bonds is 8. The van der Waals surface area contributed by atoms with Gasteiger partial charge in [0.15, 0.2) is 0 Å². The van der Waals surface area contributed by atoms with E-state index in [2.05, 4.69) is 37.9 Å². The first-order valence-corrected chi connectivity index (χ1v) is 11.9. The lowest BCUT2D eigenvalue weighted by Crippen LogP contribution is -2.44. The molecule has 0 amide bonds. The second kappa shape index (κ2) is 10.9. The lowest BCUT2D eigenvalue weighted by Gasteiger charge is -2.44. The minimum absolute atomic E-state index is 0.0635. The molecule has 0 bridgehead atoms. The van der Waals surface area contributed by atoms with Crippen molar-refractivity contribution >= 4 is 29.0 Å². The molecule has 184 valence electrons. The molecule has 0 heterocycles. The van der Waals surface area contributed by atoms with E-state index >= 15 is 0 Å². The monoisotopic (exact) mass is 491 g/mol. The molecule has 4 nitrogen and oxygen atoms in total. The van der Waals surface area contributed by atoms with Crippen LogP contribution < -0.4 is 4.74 Å². The van der Waals surface area contributed by atoms with Crippen molar-refractivity contribution in [1.29, 1.82) is 0 Å². The third-order valence-electron chi connectivity index (χ3n) is 6.76. The highest BCUT2D eigenvalue weighted by Crippen LogP contribution is 2.43. The Hall–Kier alpha value is -2.47. The van der Waals surface area contributed by atoms with Gasteiger partial charge in [0, 0.05) is 5.92 Å².